The molecule has 4 heteroatoms. The summed E-state index contributed by atoms with van der Waals surface area (Å²) in [4.78, 5) is 12.0. The molecule has 0 aliphatic rings. The number of carbonyl (C=O) groups excluding carboxylic acids is 1. The number of nitrogens with one attached hydrogen (secondary N) is 1. The molecule has 1 amide bonds. The monoisotopic (exact) mass is 254 g/mol. The average Bonchev–Trinajstić information content (AvgIpc) is 2.20. The van der Waals surface area contributed by atoms with Crippen LogP contribution in [0.15, 0.2) is 18.2 Å². The Balaban J connectivity index is 2.73. The lowest BCUT2D eigenvalue weighted by Gasteiger charge is -2.16. The first kappa shape index (κ1) is 13.8. The summed E-state index contributed by atoms with van der Waals surface area (Å²) in [5.74, 6) is 0.375. The Morgan fingerprint density at radius 1 is 1.41 bits per heavy atom. The molecule has 0 fully saturated rings. The first-order chi connectivity index (χ1) is 7.91. The second kappa shape index (κ2) is 5.92. The Kier molecular flexibility index (Phi) is 4.82. The standard InChI is InChI=1S/C13H19ClN2O/c1-8(2)7-9(3)16-13(17)10-5-4-6-11(14)12(10)15/h4-6,8-9H,7,15H2,1-3H3,(H,16,17). The molecular weight excluding hydrogens is 236 g/mol. The van der Waals surface area contributed by atoms with E-state index < -0.39 is 0 Å². The van der Waals surface area contributed by atoms with E-state index in [9.17, 15) is 4.79 Å². The summed E-state index contributed by atoms with van der Waals surface area (Å²) in [6.07, 6.45) is 0.937. The van der Waals surface area contributed by atoms with Crippen molar-refractivity contribution in [1.82, 2.24) is 5.32 Å². The molecule has 0 saturated heterocycles. The van der Waals surface area contributed by atoms with Gasteiger partial charge in [-0.25, -0.2) is 0 Å². The molecule has 17 heavy (non-hydrogen) atoms. The summed E-state index contributed by atoms with van der Waals surface area (Å²) in [7, 11) is 0. The van der Waals surface area contributed by atoms with E-state index in [2.05, 4.69) is 19.2 Å². The lowest BCUT2D eigenvalue weighted by molar-refractivity contribution is 0.0937. The van der Waals surface area contributed by atoms with Crippen molar-refractivity contribution in [2.75, 3.05) is 5.73 Å². The maximum atomic E-state index is 12.0. The number of nitrogens with two attached hydrogens (primary N) is 1. The van der Waals surface area contributed by atoms with Crippen LogP contribution in [0, 0.1) is 5.92 Å². The van der Waals surface area contributed by atoms with Crippen molar-refractivity contribution in [3.05, 3.63) is 28.8 Å². The molecule has 1 atom stereocenters. The van der Waals surface area contributed by atoms with E-state index in [-0.39, 0.29) is 11.9 Å². The summed E-state index contributed by atoms with van der Waals surface area (Å²) in [6.45, 7) is 6.23. The first-order valence-electron chi connectivity index (χ1n) is 5.76. The largest absolute Gasteiger partial charge is 0.397 e. The number of hydrogen-bond acceptors (Lipinski definition) is 2. The molecule has 0 spiro atoms. The molecule has 3 N–H and O–H groups in total. The van der Waals surface area contributed by atoms with Crippen LogP contribution >= 0.6 is 11.6 Å². The number of anilines is 1. The van der Waals surface area contributed by atoms with Crippen LogP contribution in [-0.4, -0.2) is 11.9 Å². The van der Waals surface area contributed by atoms with Crippen molar-refractivity contribution in [2.45, 2.75) is 33.2 Å². The van der Waals surface area contributed by atoms with Crippen molar-refractivity contribution in [2.24, 2.45) is 5.92 Å². The predicted molar refractivity (Wildman–Crippen MR) is 72.2 cm³/mol. The first-order valence-corrected chi connectivity index (χ1v) is 6.14. The zero-order valence-electron chi connectivity index (χ0n) is 10.5. The normalized spacial score (nSPS) is 12.5. The van der Waals surface area contributed by atoms with Crippen LogP contribution in [0.2, 0.25) is 5.02 Å². The number of halogens is 1. The fraction of sp³-hybridized carbons (Fsp3) is 0.462. The van der Waals surface area contributed by atoms with Crippen LogP contribution in [0.5, 0.6) is 0 Å². The Morgan fingerprint density at radius 3 is 2.65 bits per heavy atom. The summed E-state index contributed by atoms with van der Waals surface area (Å²) in [6, 6.07) is 5.20. The minimum Gasteiger partial charge on any atom is -0.397 e. The maximum absolute atomic E-state index is 12.0. The van der Waals surface area contributed by atoms with Gasteiger partial charge in [-0.3, -0.25) is 4.79 Å². The van der Waals surface area contributed by atoms with Gasteiger partial charge < -0.3 is 11.1 Å². The fourth-order valence-corrected chi connectivity index (χ4v) is 1.98. The quantitative estimate of drug-likeness (QED) is 0.812. The Labute approximate surface area is 107 Å². The number of benzene rings is 1. The lowest BCUT2D eigenvalue weighted by atomic mass is 10.0. The van der Waals surface area contributed by atoms with Gasteiger partial charge in [0.25, 0.3) is 5.91 Å². The molecule has 1 aromatic carbocycles. The number of para-hydroxylation sites is 1. The summed E-state index contributed by atoms with van der Waals surface area (Å²) < 4.78 is 0. The highest BCUT2D eigenvalue weighted by molar-refractivity contribution is 6.33. The topological polar surface area (TPSA) is 55.1 Å². The van der Waals surface area contributed by atoms with Crippen molar-refractivity contribution < 1.29 is 4.79 Å². The number of hydrogen-bond donors (Lipinski definition) is 2. The van der Waals surface area contributed by atoms with E-state index >= 15 is 0 Å². The molecule has 1 aromatic rings. The molecular formula is C13H19ClN2O. The molecule has 1 unspecified atom stereocenters. The third kappa shape index (κ3) is 3.93. The Hall–Kier alpha value is -1.22. The number of carbonyl (C=O) groups is 1. The van der Waals surface area contributed by atoms with Crippen molar-refractivity contribution in [3.63, 3.8) is 0 Å². The molecule has 94 valence electrons. The predicted octanol–water partition coefficient (Wildman–Crippen LogP) is 3.09. The number of amides is 1. The zero-order chi connectivity index (χ0) is 13.0. The van der Waals surface area contributed by atoms with E-state index in [1.165, 1.54) is 0 Å². The molecule has 0 radical (unpaired) electrons. The highest BCUT2D eigenvalue weighted by Crippen LogP contribution is 2.22. The van der Waals surface area contributed by atoms with E-state index in [0.717, 1.165) is 6.42 Å². The third-order valence-electron chi connectivity index (χ3n) is 2.50. The van der Waals surface area contributed by atoms with Gasteiger partial charge in [0.1, 0.15) is 0 Å². The molecule has 0 aromatic heterocycles. The highest BCUT2D eigenvalue weighted by Gasteiger charge is 2.14. The van der Waals surface area contributed by atoms with Crippen molar-refractivity contribution in [3.8, 4) is 0 Å². The second-order valence-corrected chi connectivity index (χ2v) is 5.11. The van der Waals surface area contributed by atoms with Gasteiger partial charge in [0.2, 0.25) is 0 Å². The van der Waals surface area contributed by atoms with Gasteiger partial charge in [0, 0.05) is 6.04 Å². The van der Waals surface area contributed by atoms with E-state index in [1.54, 1.807) is 18.2 Å². The second-order valence-electron chi connectivity index (χ2n) is 4.71. The average molecular weight is 255 g/mol. The molecule has 3 nitrogen and oxygen atoms in total. The van der Waals surface area contributed by atoms with E-state index in [4.69, 9.17) is 17.3 Å². The summed E-state index contributed by atoms with van der Waals surface area (Å²) in [5, 5.41) is 3.33. The maximum Gasteiger partial charge on any atom is 0.253 e. The smallest absolute Gasteiger partial charge is 0.253 e. The fourth-order valence-electron chi connectivity index (χ4n) is 1.80. The molecule has 0 aliphatic heterocycles. The highest BCUT2D eigenvalue weighted by atomic mass is 35.5. The van der Waals surface area contributed by atoms with Gasteiger partial charge in [-0.15, -0.1) is 0 Å². The molecule has 1 rings (SSSR count). The number of rotatable bonds is 4. The van der Waals surface area contributed by atoms with E-state index in [1.807, 2.05) is 6.92 Å². The summed E-state index contributed by atoms with van der Waals surface area (Å²) in [5.41, 5.74) is 6.54. The minimum absolute atomic E-state index is 0.126. The van der Waals surface area contributed by atoms with Crippen LogP contribution in [0.3, 0.4) is 0 Å². The van der Waals surface area contributed by atoms with Crippen molar-refractivity contribution >= 4 is 23.2 Å². The van der Waals surface area contributed by atoms with E-state index in [0.29, 0.717) is 22.2 Å². The molecule has 0 bridgehead atoms. The van der Waals surface area contributed by atoms with Crippen LogP contribution in [0.25, 0.3) is 0 Å². The summed E-state index contributed by atoms with van der Waals surface area (Å²) >= 11 is 5.87. The Morgan fingerprint density at radius 2 is 2.06 bits per heavy atom. The number of nitrogen functional groups attached to an aromatic ring is 1. The SMILES string of the molecule is CC(C)CC(C)NC(=O)c1cccc(Cl)c1N. The lowest BCUT2D eigenvalue weighted by Crippen LogP contribution is -2.33. The van der Waals surface area contributed by atoms with Crippen molar-refractivity contribution in [1.29, 1.82) is 0 Å². The van der Waals surface area contributed by atoms with Crippen LogP contribution in [0.1, 0.15) is 37.6 Å². The van der Waals surface area contributed by atoms with Gasteiger partial charge in [-0.1, -0.05) is 31.5 Å². The van der Waals surface area contributed by atoms with Gasteiger partial charge in [0.05, 0.1) is 16.3 Å². The van der Waals surface area contributed by atoms with Gasteiger partial charge in [-0.05, 0) is 31.4 Å². The van der Waals surface area contributed by atoms with Crippen LogP contribution in [-0.2, 0) is 0 Å². The molecule has 0 aliphatic carbocycles. The van der Waals surface area contributed by atoms with Gasteiger partial charge >= 0.3 is 0 Å². The van der Waals surface area contributed by atoms with Gasteiger partial charge in [0.15, 0.2) is 0 Å². The molecule has 0 saturated carbocycles. The minimum atomic E-state index is -0.168. The Bertz CT molecular complexity index is 404. The zero-order valence-corrected chi connectivity index (χ0v) is 11.2. The molecule has 0 heterocycles. The van der Waals surface area contributed by atoms with Crippen LogP contribution < -0.4 is 11.1 Å². The third-order valence-corrected chi connectivity index (χ3v) is 2.83. The van der Waals surface area contributed by atoms with Crippen LogP contribution in [0.4, 0.5) is 5.69 Å². The van der Waals surface area contributed by atoms with Gasteiger partial charge in [-0.2, -0.15) is 0 Å².